The first-order valence-electron chi connectivity index (χ1n) is 6.97. The second-order valence-corrected chi connectivity index (χ2v) is 4.95. The van der Waals surface area contributed by atoms with Gasteiger partial charge in [0.05, 0.1) is 11.4 Å². The Bertz CT molecular complexity index is 651. The minimum absolute atomic E-state index is 0.0823. The summed E-state index contributed by atoms with van der Waals surface area (Å²) in [6, 6.07) is 5.62. The van der Waals surface area contributed by atoms with Crippen LogP contribution in [0.5, 0.6) is 0 Å². The maximum absolute atomic E-state index is 12.1. The second-order valence-electron chi connectivity index (χ2n) is 4.95. The van der Waals surface area contributed by atoms with Crippen LogP contribution in [0.4, 0.5) is 11.4 Å². The van der Waals surface area contributed by atoms with E-state index in [0.29, 0.717) is 18.5 Å². The first-order valence-corrected chi connectivity index (χ1v) is 6.97. The molecule has 0 spiro atoms. The second kappa shape index (κ2) is 5.82. The average Bonchev–Trinajstić information content (AvgIpc) is 2.92. The highest BCUT2D eigenvalue weighted by Crippen LogP contribution is 2.25. The van der Waals surface area contributed by atoms with Crippen molar-refractivity contribution in [3.8, 4) is 0 Å². The molecule has 0 unspecified atom stereocenters. The van der Waals surface area contributed by atoms with Gasteiger partial charge in [-0.1, -0.05) is 0 Å². The lowest BCUT2D eigenvalue weighted by molar-refractivity contribution is 0.0954. The molecule has 1 aromatic carbocycles. The fraction of sp³-hybridized carbons (Fsp3) is 0.357. The summed E-state index contributed by atoms with van der Waals surface area (Å²) in [5.41, 5.74) is 2.66. The van der Waals surface area contributed by atoms with Crippen molar-refractivity contribution >= 4 is 17.3 Å². The Morgan fingerprint density at radius 2 is 2.14 bits per heavy atom. The van der Waals surface area contributed by atoms with Gasteiger partial charge in [-0.3, -0.25) is 9.48 Å². The van der Waals surface area contributed by atoms with Crippen molar-refractivity contribution in [1.29, 1.82) is 0 Å². The van der Waals surface area contributed by atoms with Gasteiger partial charge in [-0.25, -0.2) is 4.98 Å². The van der Waals surface area contributed by atoms with Crippen LogP contribution < -0.4 is 16.0 Å². The standard InChI is InChI=1S/C14H18N6O/c1-20-9-18-13(19-20)4-5-17-14(21)10-2-3-11-12(8-10)16-7-6-15-11/h2-3,8-9,15-16H,4-7H2,1H3,(H,17,21). The molecular formula is C14H18N6O. The van der Waals surface area contributed by atoms with Gasteiger partial charge >= 0.3 is 0 Å². The van der Waals surface area contributed by atoms with Gasteiger partial charge in [-0.05, 0) is 18.2 Å². The van der Waals surface area contributed by atoms with Gasteiger partial charge < -0.3 is 16.0 Å². The van der Waals surface area contributed by atoms with Crippen LogP contribution in [0.15, 0.2) is 24.5 Å². The van der Waals surface area contributed by atoms with Gasteiger partial charge in [0.15, 0.2) is 5.82 Å². The third-order valence-electron chi connectivity index (χ3n) is 3.32. The van der Waals surface area contributed by atoms with E-state index in [-0.39, 0.29) is 5.91 Å². The first kappa shape index (κ1) is 13.4. The quantitative estimate of drug-likeness (QED) is 0.767. The minimum Gasteiger partial charge on any atom is -0.382 e. The number of aromatic nitrogens is 3. The summed E-state index contributed by atoms with van der Waals surface area (Å²) in [7, 11) is 1.82. The molecule has 2 heterocycles. The molecule has 1 aliphatic heterocycles. The minimum atomic E-state index is -0.0823. The molecular weight excluding hydrogens is 268 g/mol. The molecule has 0 radical (unpaired) electrons. The Hall–Kier alpha value is -2.57. The van der Waals surface area contributed by atoms with Crippen molar-refractivity contribution < 1.29 is 4.79 Å². The number of carbonyl (C=O) groups excluding carboxylic acids is 1. The number of amides is 1. The monoisotopic (exact) mass is 286 g/mol. The topological polar surface area (TPSA) is 83.9 Å². The predicted molar refractivity (Wildman–Crippen MR) is 80.5 cm³/mol. The lowest BCUT2D eigenvalue weighted by Gasteiger charge is -2.20. The largest absolute Gasteiger partial charge is 0.382 e. The van der Waals surface area contributed by atoms with E-state index in [2.05, 4.69) is 26.0 Å². The highest BCUT2D eigenvalue weighted by Gasteiger charge is 2.12. The van der Waals surface area contributed by atoms with E-state index in [1.807, 2.05) is 25.2 Å². The predicted octanol–water partition coefficient (Wildman–Crippen LogP) is 0.625. The van der Waals surface area contributed by atoms with Crippen LogP contribution in [0, 0.1) is 0 Å². The van der Waals surface area contributed by atoms with E-state index in [4.69, 9.17) is 0 Å². The van der Waals surface area contributed by atoms with Crippen LogP contribution in [-0.4, -0.2) is 40.3 Å². The Kier molecular flexibility index (Phi) is 3.72. The van der Waals surface area contributed by atoms with Gasteiger partial charge in [-0.2, -0.15) is 5.10 Å². The fourth-order valence-corrected chi connectivity index (χ4v) is 2.27. The molecule has 2 aromatic rings. The SMILES string of the molecule is Cn1cnc(CCNC(=O)c2ccc3c(c2)NCCN3)n1. The molecule has 3 rings (SSSR count). The molecule has 0 saturated heterocycles. The van der Waals surface area contributed by atoms with Gasteiger partial charge in [0.25, 0.3) is 5.91 Å². The molecule has 0 fully saturated rings. The number of nitrogens with zero attached hydrogens (tertiary/aromatic N) is 3. The van der Waals surface area contributed by atoms with Crippen molar-refractivity contribution in [3.63, 3.8) is 0 Å². The number of fused-ring (bicyclic) bond motifs is 1. The number of hydrogen-bond acceptors (Lipinski definition) is 5. The van der Waals surface area contributed by atoms with Crippen molar-refractivity contribution in [1.82, 2.24) is 20.1 Å². The zero-order valence-corrected chi connectivity index (χ0v) is 11.9. The summed E-state index contributed by atoms with van der Waals surface area (Å²) in [6.07, 6.45) is 2.27. The number of nitrogens with one attached hydrogen (secondary N) is 3. The van der Waals surface area contributed by atoms with Crippen LogP contribution in [0.25, 0.3) is 0 Å². The number of aryl methyl sites for hydroxylation is 1. The maximum atomic E-state index is 12.1. The molecule has 0 atom stereocenters. The van der Waals surface area contributed by atoms with Crippen LogP contribution >= 0.6 is 0 Å². The maximum Gasteiger partial charge on any atom is 0.251 e. The van der Waals surface area contributed by atoms with Crippen molar-refractivity contribution in [2.45, 2.75) is 6.42 Å². The summed E-state index contributed by atoms with van der Waals surface area (Å²) in [5, 5.41) is 13.6. The van der Waals surface area contributed by atoms with E-state index in [1.165, 1.54) is 0 Å². The Morgan fingerprint density at radius 3 is 2.90 bits per heavy atom. The normalized spacial score (nSPS) is 13.0. The number of rotatable bonds is 4. The number of benzene rings is 1. The van der Waals surface area contributed by atoms with Gasteiger partial charge in [0.1, 0.15) is 6.33 Å². The zero-order valence-electron chi connectivity index (χ0n) is 11.9. The van der Waals surface area contributed by atoms with Gasteiger partial charge in [0.2, 0.25) is 0 Å². The van der Waals surface area contributed by atoms with Gasteiger partial charge in [-0.15, -0.1) is 0 Å². The van der Waals surface area contributed by atoms with Crippen LogP contribution in [0.3, 0.4) is 0 Å². The zero-order chi connectivity index (χ0) is 14.7. The third kappa shape index (κ3) is 3.13. The molecule has 21 heavy (non-hydrogen) atoms. The Labute approximate surface area is 122 Å². The molecule has 7 nitrogen and oxygen atoms in total. The molecule has 1 aliphatic rings. The van der Waals surface area contributed by atoms with E-state index < -0.39 is 0 Å². The highest BCUT2D eigenvalue weighted by molar-refractivity contribution is 5.96. The third-order valence-corrected chi connectivity index (χ3v) is 3.32. The number of hydrogen-bond donors (Lipinski definition) is 3. The summed E-state index contributed by atoms with van der Waals surface area (Å²) >= 11 is 0. The van der Waals surface area contributed by atoms with Crippen LogP contribution in [-0.2, 0) is 13.5 Å². The van der Waals surface area contributed by atoms with E-state index in [9.17, 15) is 4.79 Å². The fourth-order valence-electron chi connectivity index (χ4n) is 2.27. The number of anilines is 2. The molecule has 3 N–H and O–H groups in total. The summed E-state index contributed by atoms with van der Waals surface area (Å²) in [4.78, 5) is 16.2. The average molecular weight is 286 g/mol. The van der Waals surface area contributed by atoms with Crippen molar-refractivity contribution in [2.24, 2.45) is 7.05 Å². The summed E-state index contributed by atoms with van der Waals surface area (Å²) in [5.74, 6) is 0.648. The first-order chi connectivity index (χ1) is 10.2. The molecule has 7 heteroatoms. The number of carbonyl (C=O) groups is 1. The molecule has 1 amide bonds. The van der Waals surface area contributed by atoms with Crippen molar-refractivity contribution in [3.05, 3.63) is 35.9 Å². The van der Waals surface area contributed by atoms with Gasteiger partial charge in [0, 0.05) is 38.7 Å². The molecule has 0 aliphatic carbocycles. The summed E-state index contributed by atoms with van der Waals surface area (Å²) < 4.78 is 1.65. The van der Waals surface area contributed by atoms with Crippen molar-refractivity contribution in [2.75, 3.05) is 30.3 Å². The van der Waals surface area contributed by atoms with E-state index >= 15 is 0 Å². The Balaban J connectivity index is 1.57. The molecule has 0 saturated carbocycles. The van der Waals surface area contributed by atoms with E-state index in [0.717, 1.165) is 30.3 Å². The molecule has 1 aromatic heterocycles. The highest BCUT2D eigenvalue weighted by atomic mass is 16.1. The lowest BCUT2D eigenvalue weighted by Crippen LogP contribution is -2.27. The molecule has 110 valence electrons. The lowest BCUT2D eigenvalue weighted by atomic mass is 10.1. The summed E-state index contributed by atoms with van der Waals surface area (Å²) in [6.45, 7) is 2.28. The smallest absolute Gasteiger partial charge is 0.251 e. The Morgan fingerprint density at radius 1 is 1.33 bits per heavy atom. The van der Waals surface area contributed by atoms with Crippen LogP contribution in [0.1, 0.15) is 16.2 Å². The van der Waals surface area contributed by atoms with Crippen LogP contribution in [0.2, 0.25) is 0 Å². The van der Waals surface area contributed by atoms with E-state index in [1.54, 1.807) is 11.0 Å². The molecule has 0 bridgehead atoms.